The molecule has 1 aromatic heterocycles. The molecule has 0 aliphatic carbocycles. The fourth-order valence-electron chi connectivity index (χ4n) is 1.20. The van der Waals surface area contributed by atoms with Gasteiger partial charge in [-0.1, -0.05) is 19.8 Å². The highest BCUT2D eigenvalue weighted by Crippen LogP contribution is 1.96. The molecule has 0 spiro atoms. The Kier molecular flexibility index (Phi) is 4.54. The van der Waals surface area contributed by atoms with Gasteiger partial charge < -0.3 is 10.3 Å². The third kappa shape index (κ3) is 3.58. The quantitative estimate of drug-likeness (QED) is 0.623. The molecule has 1 aromatic rings. The van der Waals surface area contributed by atoms with Crippen molar-refractivity contribution in [3.63, 3.8) is 0 Å². The van der Waals surface area contributed by atoms with Crippen LogP contribution in [0.1, 0.15) is 31.7 Å². The van der Waals surface area contributed by atoms with E-state index in [1.54, 1.807) is 0 Å². The Morgan fingerprint density at radius 2 is 2.33 bits per heavy atom. The molecule has 0 aromatic carbocycles. The third-order valence-electron chi connectivity index (χ3n) is 1.95. The van der Waals surface area contributed by atoms with Gasteiger partial charge >= 0.3 is 0 Å². The van der Waals surface area contributed by atoms with E-state index in [1.807, 2.05) is 12.4 Å². The molecule has 0 bridgehead atoms. The van der Waals surface area contributed by atoms with Crippen LogP contribution in [0.3, 0.4) is 0 Å². The first-order valence-corrected chi connectivity index (χ1v) is 4.76. The third-order valence-corrected chi connectivity index (χ3v) is 1.95. The molecule has 0 saturated heterocycles. The minimum Gasteiger partial charge on any atom is -0.367 e. The topological polar surface area (TPSA) is 27.8 Å². The lowest BCUT2D eigenvalue weighted by atomic mass is 10.2. The summed E-state index contributed by atoms with van der Waals surface area (Å²) in [6.07, 6.45) is 7.92. The van der Waals surface area contributed by atoms with Crippen LogP contribution in [0.25, 0.3) is 0 Å². The molecule has 0 amide bonds. The van der Waals surface area contributed by atoms with E-state index in [2.05, 4.69) is 23.3 Å². The van der Waals surface area contributed by atoms with Crippen molar-refractivity contribution >= 4 is 0 Å². The highest BCUT2D eigenvalue weighted by molar-refractivity contribution is 5.07. The number of hydrogen-bond acceptors (Lipinski definition) is 1. The van der Waals surface area contributed by atoms with Crippen molar-refractivity contribution in [2.24, 2.45) is 0 Å². The number of hydrogen-bond donors (Lipinski definition) is 2. The predicted molar refractivity (Wildman–Crippen MR) is 52.0 cm³/mol. The van der Waals surface area contributed by atoms with Crippen LogP contribution in [0, 0.1) is 0 Å². The largest absolute Gasteiger partial charge is 0.367 e. The van der Waals surface area contributed by atoms with Gasteiger partial charge in [-0.15, -0.1) is 0 Å². The molecule has 0 radical (unpaired) electrons. The van der Waals surface area contributed by atoms with Crippen LogP contribution in [-0.2, 0) is 6.54 Å². The van der Waals surface area contributed by atoms with Crippen molar-refractivity contribution in [2.45, 2.75) is 32.7 Å². The van der Waals surface area contributed by atoms with Gasteiger partial charge in [0.2, 0.25) is 0 Å². The van der Waals surface area contributed by atoms with Crippen molar-refractivity contribution in [1.29, 1.82) is 0 Å². The maximum atomic E-state index is 3.40. The number of rotatable bonds is 6. The van der Waals surface area contributed by atoms with Crippen molar-refractivity contribution in [1.82, 2.24) is 10.3 Å². The van der Waals surface area contributed by atoms with E-state index in [9.17, 15) is 0 Å². The molecule has 0 fully saturated rings. The van der Waals surface area contributed by atoms with E-state index in [1.165, 1.54) is 24.8 Å². The Bertz CT molecular complexity index is 180. The van der Waals surface area contributed by atoms with Crippen LogP contribution in [-0.4, -0.2) is 11.5 Å². The lowest BCUT2D eigenvalue weighted by Crippen LogP contribution is -2.13. The molecular formula is C10H18N2. The Morgan fingerprint density at radius 3 is 3.00 bits per heavy atom. The van der Waals surface area contributed by atoms with Crippen LogP contribution < -0.4 is 5.32 Å². The maximum Gasteiger partial charge on any atom is 0.0220 e. The average Bonchev–Trinajstić information content (AvgIpc) is 2.57. The number of H-pyrrole nitrogens is 1. The number of nitrogens with one attached hydrogen (secondary N) is 2. The normalized spacial score (nSPS) is 10.4. The lowest BCUT2D eigenvalue weighted by molar-refractivity contribution is 0.617. The number of aromatic amines is 1. The minimum absolute atomic E-state index is 0.993. The molecule has 1 rings (SSSR count). The zero-order valence-electron chi connectivity index (χ0n) is 7.77. The molecule has 0 aliphatic heterocycles. The van der Waals surface area contributed by atoms with Gasteiger partial charge in [-0.3, -0.25) is 0 Å². The summed E-state index contributed by atoms with van der Waals surface area (Å²) in [5.74, 6) is 0. The summed E-state index contributed by atoms with van der Waals surface area (Å²) in [4.78, 5) is 3.04. The average molecular weight is 166 g/mol. The molecule has 0 unspecified atom stereocenters. The summed E-state index contributed by atoms with van der Waals surface area (Å²) >= 11 is 0. The molecule has 2 nitrogen and oxygen atoms in total. The molecule has 0 saturated carbocycles. The smallest absolute Gasteiger partial charge is 0.0220 e. The van der Waals surface area contributed by atoms with E-state index in [-0.39, 0.29) is 0 Å². The molecule has 0 atom stereocenters. The van der Waals surface area contributed by atoms with Gasteiger partial charge in [0.25, 0.3) is 0 Å². The molecule has 1 heterocycles. The van der Waals surface area contributed by atoms with Gasteiger partial charge in [0.15, 0.2) is 0 Å². The van der Waals surface area contributed by atoms with Gasteiger partial charge in [0.1, 0.15) is 0 Å². The summed E-state index contributed by atoms with van der Waals surface area (Å²) in [6, 6.07) is 2.10. The second kappa shape index (κ2) is 5.84. The van der Waals surface area contributed by atoms with Gasteiger partial charge in [-0.05, 0) is 24.6 Å². The first kappa shape index (κ1) is 9.33. The Hall–Kier alpha value is -0.760. The number of aromatic nitrogens is 1. The second-order valence-corrected chi connectivity index (χ2v) is 3.10. The van der Waals surface area contributed by atoms with E-state index >= 15 is 0 Å². The van der Waals surface area contributed by atoms with Gasteiger partial charge in [-0.25, -0.2) is 0 Å². The standard InChI is InChI=1S/C10H18N2/c1-2-3-4-6-11-8-10-5-7-12-9-10/h5,7,9,11-12H,2-4,6,8H2,1H3. The highest BCUT2D eigenvalue weighted by Gasteiger charge is 1.90. The Labute approximate surface area is 74.4 Å². The van der Waals surface area contributed by atoms with Crippen LogP contribution in [0.15, 0.2) is 18.5 Å². The molecular weight excluding hydrogens is 148 g/mol. The summed E-state index contributed by atoms with van der Waals surface area (Å²) in [7, 11) is 0. The Balaban J connectivity index is 1.96. The molecule has 0 aliphatic rings. The molecule has 12 heavy (non-hydrogen) atoms. The summed E-state index contributed by atoms with van der Waals surface area (Å²) in [5.41, 5.74) is 1.34. The zero-order valence-corrected chi connectivity index (χ0v) is 7.77. The Morgan fingerprint density at radius 1 is 1.42 bits per heavy atom. The van der Waals surface area contributed by atoms with Crippen molar-refractivity contribution in [2.75, 3.05) is 6.54 Å². The molecule has 68 valence electrons. The van der Waals surface area contributed by atoms with Crippen LogP contribution >= 0.6 is 0 Å². The molecule has 2 N–H and O–H groups in total. The lowest BCUT2D eigenvalue weighted by Gasteiger charge is -2.01. The second-order valence-electron chi connectivity index (χ2n) is 3.10. The molecule has 2 heteroatoms. The van der Waals surface area contributed by atoms with E-state index in [0.717, 1.165) is 13.1 Å². The fraction of sp³-hybridized carbons (Fsp3) is 0.600. The van der Waals surface area contributed by atoms with Gasteiger partial charge in [-0.2, -0.15) is 0 Å². The maximum absolute atomic E-state index is 3.40. The van der Waals surface area contributed by atoms with E-state index in [0.29, 0.717) is 0 Å². The van der Waals surface area contributed by atoms with Crippen molar-refractivity contribution in [3.8, 4) is 0 Å². The zero-order chi connectivity index (χ0) is 8.65. The van der Waals surface area contributed by atoms with Crippen LogP contribution in [0.2, 0.25) is 0 Å². The fourth-order valence-corrected chi connectivity index (χ4v) is 1.20. The SMILES string of the molecule is CCCCCNCc1cc[nH]c1. The highest BCUT2D eigenvalue weighted by atomic mass is 14.8. The van der Waals surface area contributed by atoms with Gasteiger partial charge in [0.05, 0.1) is 0 Å². The van der Waals surface area contributed by atoms with Crippen LogP contribution in [0.5, 0.6) is 0 Å². The summed E-state index contributed by atoms with van der Waals surface area (Å²) in [5, 5.41) is 3.40. The first-order chi connectivity index (χ1) is 5.93. The predicted octanol–water partition coefficient (Wildman–Crippen LogP) is 2.29. The first-order valence-electron chi connectivity index (χ1n) is 4.76. The monoisotopic (exact) mass is 166 g/mol. The van der Waals surface area contributed by atoms with E-state index < -0.39 is 0 Å². The van der Waals surface area contributed by atoms with Gasteiger partial charge in [0, 0.05) is 18.9 Å². The minimum atomic E-state index is 0.993. The van der Waals surface area contributed by atoms with Crippen LogP contribution in [0.4, 0.5) is 0 Å². The van der Waals surface area contributed by atoms with Crippen molar-refractivity contribution in [3.05, 3.63) is 24.0 Å². The van der Waals surface area contributed by atoms with E-state index in [4.69, 9.17) is 0 Å². The number of unbranched alkanes of at least 4 members (excludes halogenated alkanes) is 2. The van der Waals surface area contributed by atoms with Crippen molar-refractivity contribution < 1.29 is 0 Å². The summed E-state index contributed by atoms with van der Waals surface area (Å²) < 4.78 is 0. The summed E-state index contributed by atoms with van der Waals surface area (Å²) in [6.45, 7) is 4.36.